The fourth-order valence-electron chi connectivity index (χ4n) is 0.718. The third kappa shape index (κ3) is 6.03. The molecule has 6 heteroatoms. The zero-order chi connectivity index (χ0) is 10.3. The van der Waals surface area contributed by atoms with E-state index < -0.39 is 18.6 Å². The number of hydrogen-bond donors (Lipinski definition) is 3. The summed E-state index contributed by atoms with van der Waals surface area (Å²) in [7, 11) is 0. The Morgan fingerprint density at radius 1 is 1.46 bits per heavy atom. The van der Waals surface area contributed by atoms with E-state index in [9.17, 15) is 9.18 Å². The Hall–Kier alpha value is -1.17. The van der Waals surface area contributed by atoms with Crippen molar-refractivity contribution in [2.24, 2.45) is 22.2 Å². The summed E-state index contributed by atoms with van der Waals surface area (Å²) in [6.45, 7) is -0.376. The van der Waals surface area contributed by atoms with E-state index in [2.05, 4.69) is 4.99 Å². The number of carbonyl (C=O) groups is 1. The van der Waals surface area contributed by atoms with E-state index in [0.29, 0.717) is 19.4 Å². The number of rotatable bonds is 6. The molecule has 0 aliphatic heterocycles. The van der Waals surface area contributed by atoms with Crippen LogP contribution in [0.1, 0.15) is 12.8 Å². The van der Waals surface area contributed by atoms with Crippen molar-refractivity contribution >= 4 is 11.7 Å². The van der Waals surface area contributed by atoms with Gasteiger partial charge in [-0.3, -0.25) is 9.79 Å². The lowest BCUT2D eigenvalue weighted by Crippen LogP contribution is -2.36. The topological polar surface area (TPSA) is 107 Å². The molecule has 0 aromatic rings. The maximum Gasteiger partial charge on any atom is 0.234 e. The Bertz CT molecular complexity index is 195. The van der Waals surface area contributed by atoms with Gasteiger partial charge in [0.25, 0.3) is 0 Å². The van der Waals surface area contributed by atoms with E-state index in [4.69, 9.17) is 17.2 Å². The molecule has 0 fully saturated rings. The average molecular weight is 190 g/mol. The maximum atomic E-state index is 11.7. The van der Waals surface area contributed by atoms with Gasteiger partial charge >= 0.3 is 0 Å². The van der Waals surface area contributed by atoms with Crippen molar-refractivity contribution in [1.29, 1.82) is 0 Å². The zero-order valence-corrected chi connectivity index (χ0v) is 7.37. The molecule has 0 saturated carbocycles. The molecule has 0 heterocycles. The third-order valence-electron chi connectivity index (χ3n) is 1.49. The lowest BCUT2D eigenvalue weighted by Gasteiger charge is -2.04. The second-order valence-corrected chi connectivity index (χ2v) is 2.66. The molecule has 1 amide bonds. The molecule has 1 atom stereocenters. The van der Waals surface area contributed by atoms with E-state index in [1.807, 2.05) is 0 Å². The van der Waals surface area contributed by atoms with Crippen molar-refractivity contribution in [3.8, 4) is 0 Å². The molecule has 0 spiro atoms. The Morgan fingerprint density at radius 3 is 2.54 bits per heavy atom. The van der Waals surface area contributed by atoms with E-state index in [1.54, 1.807) is 0 Å². The number of nitrogens with zero attached hydrogens (tertiary/aromatic N) is 1. The summed E-state index contributed by atoms with van der Waals surface area (Å²) in [6.07, 6.45) is 1.02. The molecule has 13 heavy (non-hydrogen) atoms. The van der Waals surface area contributed by atoms with Crippen molar-refractivity contribution in [2.75, 3.05) is 13.2 Å². The summed E-state index contributed by atoms with van der Waals surface area (Å²) in [5.41, 5.74) is 15.4. The second-order valence-electron chi connectivity index (χ2n) is 2.66. The van der Waals surface area contributed by atoms with E-state index in [0.717, 1.165) is 0 Å². The number of halogens is 1. The van der Waals surface area contributed by atoms with Gasteiger partial charge in [-0.15, -0.1) is 0 Å². The molecule has 0 aliphatic carbocycles. The number of alkyl halides is 1. The largest absolute Gasteiger partial charge is 0.385 e. The monoisotopic (exact) mass is 190 g/mol. The highest BCUT2D eigenvalue weighted by Gasteiger charge is 2.07. The molecule has 5 nitrogen and oxygen atoms in total. The minimum absolute atomic E-state index is 0.0346. The van der Waals surface area contributed by atoms with Gasteiger partial charge in [0.1, 0.15) is 12.5 Å². The minimum Gasteiger partial charge on any atom is -0.385 e. The van der Waals surface area contributed by atoms with Gasteiger partial charge in [0.05, 0.1) is 6.04 Å². The molecule has 0 aromatic heterocycles. The highest BCUT2D eigenvalue weighted by Crippen LogP contribution is 1.94. The van der Waals surface area contributed by atoms with Crippen LogP contribution in [-0.4, -0.2) is 31.0 Å². The lowest BCUT2D eigenvalue weighted by atomic mass is 10.1. The van der Waals surface area contributed by atoms with E-state index in [1.165, 1.54) is 0 Å². The van der Waals surface area contributed by atoms with Crippen LogP contribution >= 0.6 is 0 Å². The molecule has 0 saturated heterocycles. The van der Waals surface area contributed by atoms with Gasteiger partial charge in [-0.25, -0.2) is 4.39 Å². The lowest BCUT2D eigenvalue weighted by molar-refractivity contribution is -0.119. The number of aliphatic imine (C=N–C) groups is 1. The SMILES string of the molecule is NC(=O)[C@@H](N)CCCN=C(N)CF. The maximum absolute atomic E-state index is 11.7. The number of amides is 1. The van der Waals surface area contributed by atoms with E-state index >= 15 is 0 Å². The molecule has 0 aromatic carbocycles. The Labute approximate surface area is 76.2 Å². The van der Waals surface area contributed by atoms with Crippen LogP contribution in [0.2, 0.25) is 0 Å². The summed E-state index contributed by atoms with van der Waals surface area (Å²) in [4.78, 5) is 14.1. The van der Waals surface area contributed by atoms with Crippen molar-refractivity contribution in [3.63, 3.8) is 0 Å². The number of carbonyl (C=O) groups excluding carboxylic acids is 1. The second kappa shape index (κ2) is 6.36. The average Bonchev–Trinajstić information content (AvgIpc) is 2.11. The highest BCUT2D eigenvalue weighted by molar-refractivity contribution is 5.81. The van der Waals surface area contributed by atoms with Crippen molar-refractivity contribution in [2.45, 2.75) is 18.9 Å². The molecular weight excluding hydrogens is 175 g/mol. The number of nitrogens with two attached hydrogens (primary N) is 3. The van der Waals surface area contributed by atoms with Gasteiger partial charge in [0.2, 0.25) is 5.91 Å². The van der Waals surface area contributed by atoms with Gasteiger partial charge in [0.15, 0.2) is 0 Å². The van der Waals surface area contributed by atoms with Gasteiger partial charge in [-0.05, 0) is 12.8 Å². The van der Waals surface area contributed by atoms with Gasteiger partial charge in [0, 0.05) is 6.54 Å². The number of hydrogen-bond acceptors (Lipinski definition) is 3. The Kier molecular flexibility index (Phi) is 5.79. The van der Waals surface area contributed by atoms with Crippen molar-refractivity contribution < 1.29 is 9.18 Å². The van der Waals surface area contributed by atoms with Gasteiger partial charge < -0.3 is 17.2 Å². The normalized spacial score (nSPS) is 14.2. The standard InChI is InChI=1S/C7H15FN4O/c8-4-6(10)12-3-1-2-5(9)7(11)13/h5H,1-4,9H2,(H2,10,12)(H2,11,13)/t5-/m0/s1. The first-order valence-corrected chi connectivity index (χ1v) is 3.97. The number of amidine groups is 1. The van der Waals surface area contributed by atoms with Crippen LogP contribution in [0.15, 0.2) is 4.99 Å². The first-order chi connectivity index (χ1) is 6.07. The van der Waals surface area contributed by atoms with Crippen LogP contribution in [0.5, 0.6) is 0 Å². The van der Waals surface area contributed by atoms with Crippen molar-refractivity contribution in [3.05, 3.63) is 0 Å². The first-order valence-electron chi connectivity index (χ1n) is 3.97. The molecule has 76 valence electrons. The molecule has 0 bridgehead atoms. The molecule has 0 radical (unpaired) electrons. The summed E-state index contributed by atoms with van der Waals surface area (Å²) >= 11 is 0. The summed E-state index contributed by atoms with van der Waals surface area (Å²) in [5, 5.41) is 0. The zero-order valence-electron chi connectivity index (χ0n) is 7.37. The summed E-state index contributed by atoms with van der Waals surface area (Å²) < 4.78 is 11.7. The first kappa shape index (κ1) is 11.8. The summed E-state index contributed by atoms with van der Waals surface area (Å²) in [5.74, 6) is -0.574. The van der Waals surface area contributed by atoms with Crippen molar-refractivity contribution in [1.82, 2.24) is 0 Å². The smallest absolute Gasteiger partial charge is 0.234 e. The van der Waals surface area contributed by atoms with E-state index in [-0.39, 0.29) is 5.84 Å². The van der Waals surface area contributed by atoms with Crippen LogP contribution in [0.3, 0.4) is 0 Å². The van der Waals surface area contributed by atoms with Crippen LogP contribution in [0.4, 0.5) is 4.39 Å². The molecule has 0 aliphatic rings. The van der Waals surface area contributed by atoms with Gasteiger partial charge in [-0.1, -0.05) is 0 Å². The summed E-state index contributed by atoms with van der Waals surface area (Å²) in [6, 6.07) is -0.651. The van der Waals surface area contributed by atoms with Crippen LogP contribution in [0, 0.1) is 0 Å². The quantitative estimate of drug-likeness (QED) is 0.281. The molecular formula is C7H15FN4O. The van der Waals surface area contributed by atoms with Gasteiger partial charge in [-0.2, -0.15) is 0 Å². The Balaban J connectivity index is 3.51. The van der Waals surface area contributed by atoms with Crippen LogP contribution in [0.25, 0.3) is 0 Å². The fourth-order valence-corrected chi connectivity index (χ4v) is 0.718. The Morgan fingerprint density at radius 2 is 2.08 bits per heavy atom. The predicted octanol–water partition coefficient (Wildman–Crippen LogP) is -1.09. The third-order valence-corrected chi connectivity index (χ3v) is 1.49. The molecule has 6 N–H and O–H groups in total. The minimum atomic E-state index is -0.748. The highest BCUT2D eigenvalue weighted by atomic mass is 19.1. The molecule has 0 unspecified atom stereocenters. The van der Waals surface area contributed by atoms with Crippen LogP contribution < -0.4 is 17.2 Å². The molecule has 0 rings (SSSR count). The predicted molar refractivity (Wildman–Crippen MR) is 48.9 cm³/mol. The number of primary amides is 1. The fraction of sp³-hybridized carbons (Fsp3) is 0.714. The van der Waals surface area contributed by atoms with Crippen LogP contribution in [-0.2, 0) is 4.79 Å².